The van der Waals surface area contributed by atoms with E-state index in [9.17, 15) is 18.3 Å². The molecule has 2 aromatic carbocycles. The van der Waals surface area contributed by atoms with Gasteiger partial charge in [-0.1, -0.05) is 60.7 Å². The molecule has 0 spiro atoms. The Balaban J connectivity index is 1.75. The number of nitrogens with one attached hydrogen (secondary N) is 1. The molecule has 1 aliphatic heterocycles. The number of hydrogen-bond acceptors (Lipinski definition) is 5. The highest BCUT2D eigenvalue weighted by Gasteiger charge is 2.34. The number of aliphatic hydroxyl groups excluding tert-OH is 1. The van der Waals surface area contributed by atoms with Gasteiger partial charge in [0.2, 0.25) is 10.0 Å². The predicted octanol–water partition coefficient (Wildman–Crippen LogP) is 2.42. The summed E-state index contributed by atoms with van der Waals surface area (Å²) in [6, 6.07) is 17.1. The van der Waals surface area contributed by atoms with E-state index in [4.69, 9.17) is 0 Å². The minimum atomic E-state index is -3.74. The summed E-state index contributed by atoms with van der Waals surface area (Å²) in [5.41, 5.74) is 2.09. The first-order valence-electron chi connectivity index (χ1n) is 10.6. The Morgan fingerprint density at radius 1 is 1.12 bits per heavy atom. The lowest BCUT2D eigenvalue weighted by Gasteiger charge is -2.29. The lowest BCUT2D eigenvalue weighted by Crippen LogP contribution is -2.41. The van der Waals surface area contributed by atoms with Gasteiger partial charge >= 0.3 is 0 Å². The molecular weight excluding hydrogens is 440 g/mol. The van der Waals surface area contributed by atoms with Gasteiger partial charge in [-0.25, -0.2) is 13.4 Å². The smallest absolute Gasteiger partial charge is 0.272 e. The van der Waals surface area contributed by atoms with E-state index in [0.717, 1.165) is 5.56 Å². The quantitative estimate of drug-likeness (QED) is 0.521. The van der Waals surface area contributed by atoms with Gasteiger partial charge in [0.05, 0.1) is 29.8 Å². The summed E-state index contributed by atoms with van der Waals surface area (Å²) in [5, 5.41) is 12.4. The van der Waals surface area contributed by atoms with Crippen LogP contribution in [0.25, 0.3) is 11.4 Å². The zero-order valence-electron chi connectivity index (χ0n) is 18.3. The Morgan fingerprint density at radius 3 is 2.36 bits per heavy atom. The van der Waals surface area contributed by atoms with E-state index >= 15 is 0 Å². The Bertz CT molecular complexity index is 1270. The summed E-state index contributed by atoms with van der Waals surface area (Å²) in [6.45, 7) is 5.85. The Morgan fingerprint density at radius 2 is 1.76 bits per heavy atom. The topological polar surface area (TPSA) is 105 Å². The Hall–Kier alpha value is -3.27. The number of sulfonamides is 1. The second kappa shape index (κ2) is 9.30. The van der Waals surface area contributed by atoms with Crippen LogP contribution in [0.4, 0.5) is 0 Å². The zero-order chi connectivity index (χ0) is 23.6. The summed E-state index contributed by atoms with van der Waals surface area (Å²) in [7, 11) is -3.74. The molecule has 33 heavy (non-hydrogen) atoms. The van der Waals surface area contributed by atoms with Crippen molar-refractivity contribution in [3.8, 4) is 11.4 Å². The van der Waals surface area contributed by atoms with Crippen molar-refractivity contribution in [3.05, 3.63) is 84.2 Å². The molecule has 9 heteroatoms. The second-order valence-corrected chi connectivity index (χ2v) is 9.89. The van der Waals surface area contributed by atoms with Crippen LogP contribution < -0.4 is 5.32 Å². The Kier molecular flexibility index (Phi) is 6.46. The van der Waals surface area contributed by atoms with E-state index < -0.39 is 22.0 Å². The number of nitrogens with zero attached hydrogens (tertiary/aromatic N) is 3. The molecule has 0 fully saturated rings. The van der Waals surface area contributed by atoms with Gasteiger partial charge in [0.15, 0.2) is 5.69 Å². The van der Waals surface area contributed by atoms with Crippen molar-refractivity contribution >= 4 is 15.9 Å². The van der Waals surface area contributed by atoms with Crippen LogP contribution in [0.15, 0.2) is 77.7 Å². The lowest BCUT2D eigenvalue weighted by atomic mass is 10.1. The third-order valence-electron chi connectivity index (χ3n) is 5.68. The Labute approximate surface area is 193 Å². The summed E-state index contributed by atoms with van der Waals surface area (Å²) in [6.07, 6.45) is 0. The van der Waals surface area contributed by atoms with Crippen LogP contribution in [0, 0.1) is 0 Å². The van der Waals surface area contributed by atoms with Gasteiger partial charge in [-0.2, -0.15) is 4.31 Å². The summed E-state index contributed by atoms with van der Waals surface area (Å²) < 4.78 is 29.7. The number of amides is 1. The van der Waals surface area contributed by atoms with E-state index in [1.54, 1.807) is 37.3 Å². The molecule has 1 aromatic heterocycles. The first-order chi connectivity index (χ1) is 15.8. The van der Waals surface area contributed by atoms with Crippen LogP contribution in [0.2, 0.25) is 0 Å². The summed E-state index contributed by atoms with van der Waals surface area (Å²) in [4.78, 5) is 18.0. The molecule has 0 unspecified atom stereocenters. The van der Waals surface area contributed by atoms with Crippen molar-refractivity contribution in [2.45, 2.75) is 31.0 Å². The van der Waals surface area contributed by atoms with Crippen LogP contribution in [0.5, 0.6) is 0 Å². The molecule has 0 saturated heterocycles. The van der Waals surface area contributed by atoms with Gasteiger partial charge in [0.1, 0.15) is 5.82 Å². The molecular formula is C24H26N4O4S. The normalized spacial score (nSPS) is 15.0. The first-order valence-corrected chi connectivity index (χ1v) is 12.0. The lowest BCUT2D eigenvalue weighted by molar-refractivity contribution is 0.0919. The third-order valence-corrected chi connectivity index (χ3v) is 7.54. The van der Waals surface area contributed by atoms with Crippen LogP contribution in [0.3, 0.4) is 0 Å². The molecule has 3 aromatic rings. The number of carbonyl (C=O) groups is 1. The SMILES string of the molecule is C=C(C)[C@@H](CO)NC(=O)c1nc(-c2ccccc2)n2c1CN(S(=O)(=O)c1ccccc1)CC2. The average molecular weight is 467 g/mol. The van der Waals surface area contributed by atoms with Gasteiger partial charge < -0.3 is 15.0 Å². The van der Waals surface area contributed by atoms with Crippen LogP contribution in [-0.4, -0.2) is 52.5 Å². The highest BCUT2D eigenvalue weighted by atomic mass is 32.2. The van der Waals surface area contributed by atoms with Gasteiger partial charge in [-0.15, -0.1) is 0 Å². The van der Waals surface area contributed by atoms with Crippen LogP contribution in [-0.2, 0) is 23.1 Å². The van der Waals surface area contributed by atoms with Gasteiger partial charge in [-0.05, 0) is 19.1 Å². The maximum absolute atomic E-state index is 13.2. The van der Waals surface area contributed by atoms with Crippen molar-refractivity contribution in [2.75, 3.05) is 13.2 Å². The number of fused-ring (bicyclic) bond motifs is 1. The van der Waals surface area contributed by atoms with E-state index in [1.165, 1.54) is 4.31 Å². The first kappa shape index (κ1) is 22.9. The van der Waals surface area contributed by atoms with Crippen molar-refractivity contribution in [1.82, 2.24) is 19.2 Å². The van der Waals surface area contributed by atoms with Gasteiger partial charge in [0, 0.05) is 18.7 Å². The molecule has 0 radical (unpaired) electrons. The van der Waals surface area contributed by atoms with E-state index in [2.05, 4.69) is 16.9 Å². The van der Waals surface area contributed by atoms with E-state index in [1.807, 2.05) is 34.9 Å². The molecule has 0 bridgehead atoms. The number of aliphatic hydroxyl groups is 1. The van der Waals surface area contributed by atoms with E-state index in [0.29, 0.717) is 23.6 Å². The predicted molar refractivity (Wildman–Crippen MR) is 125 cm³/mol. The number of benzene rings is 2. The number of imidazole rings is 1. The van der Waals surface area contributed by atoms with Crippen molar-refractivity contribution in [1.29, 1.82) is 0 Å². The maximum atomic E-state index is 13.2. The third kappa shape index (κ3) is 4.47. The van der Waals surface area contributed by atoms with Crippen LogP contribution >= 0.6 is 0 Å². The molecule has 2 heterocycles. The highest BCUT2D eigenvalue weighted by Crippen LogP contribution is 2.29. The molecule has 1 atom stereocenters. The minimum absolute atomic E-state index is 0.0106. The van der Waals surface area contributed by atoms with Crippen LogP contribution in [0.1, 0.15) is 23.1 Å². The highest BCUT2D eigenvalue weighted by molar-refractivity contribution is 7.89. The second-order valence-electron chi connectivity index (χ2n) is 7.95. The standard InChI is InChI=1S/C24H26N4O4S/c1-17(2)20(16-29)25-24(30)22-21-15-27(33(31,32)19-11-7-4-8-12-19)13-14-28(21)23(26-22)18-9-5-3-6-10-18/h3-12,20,29H,1,13-16H2,2H3,(H,25,30)/t20-/m1/s1. The monoisotopic (exact) mass is 466 g/mol. The van der Waals surface area contributed by atoms with Crippen molar-refractivity contribution in [3.63, 3.8) is 0 Å². The van der Waals surface area contributed by atoms with Gasteiger partial charge in [-0.3, -0.25) is 4.79 Å². The largest absolute Gasteiger partial charge is 0.394 e. The van der Waals surface area contributed by atoms with E-state index in [-0.39, 0.29) is 30.3 Å². The fourth-order valence-electron chi connectivity index (χ4n) is 3.83. The summed E-state index contributed by atoms with van der Waals surface area (Å²) in [5.74, 6) is 0.116. The average Bonchev–Trinajstić information content (AvgIpc) is 3.22. The fourth-order valence-corrected chi connectivity index (χ4v) is 5.25. The molecule has 1 aliphatic rings. The fraction of sp³-hybridized carbons (Fsp3) is 0.250. The molecule has 8 nitrogen and oxygen atoms in total. The number of rotatable bonds is 7. The zero-order valence-corrected chi connectivity index (χ0v) is 19.1. The van der Waals surface area contributed by atoms with Crippen molar-refractivity contribution < 1.29 is 18.3 Å². The van der Waals surface area contributed by atoms with Gasteiger partial charge in [0.25, 0.3) is 5.91 Å². The molecule has 1 amide bonds. The number of carbonyl (C=O) groups excluding carboxylic acids is 1. The molecule has 172 valence electrons. The molecule has 0 aliphatic carbocycles. The molecule has 0 saturated carbocycles. The number of hydrogen-bond donors (Lipinski definition) is 2. The summed E-state index contributed by atoms with van der Waals surface area (Å²) >= 11 is 0. The maximum Gasteiger partial charge on any atom is 0.272 e. The molecule has 2 N–H and O–H groups in total. The van der Waals surface area contributed by atoms with Crippen molar-refractivity contribution in [2.24, 2.45) is 0 Å². The molecule has 4 rings (SSSR count). The number of aromatic nitrogens is 2. The minimum Gasteiger partial charge on any atom is -0.394 e.